The van der Waals surface area contributed by atoms with E-state index in [1.807, 2.05) is 42.5 Å². The third-order valence-electron chi connectivity index (χ3n) is 2.58. The lowest BCUT2D eigenvalue weighted by molar-refractivity contribution is 0.0698. The zero-order valence-electron chi connectivity index (χ0n) is 9.71. The molecule has 0 saturated carbocycles. The molecule has 0 aliphatic rings. The molecule has 0 spiro atoms. The van der Waals surface area contributed by atoms with Gasteiger partial charge in [-0.05, 0) is 23.3 Å². The highest BCUT2D eigenvalue weighted by atomic mass is 16.4. The summed E-state index contributed by atoms with van der Waals surface area (Å²) in [7, 11) is 0. The van der Waals surface area contributed by atoms with E-state index in [0.717, 1.165) is 11.1 Å². The van der Waals surface area contributed by atoms with Crippen molar-refractivity contribution >= 4 is 23.8 Å². The molecule has 18 heavy (non-hydrogen) atoms. The van der Waals surface area contributed by atoms with Crippen molar-refractivity contribution in [3.05, 3.63) is 65.2 Å². The van der Waals surface area contributed by atoms with E-state index in [4.69, 9.17) is 10.8 Å². The van der Waals surface area contributed by atoms with Crippen molar-refractivity contribution in [3.8, 4) is 0 Å². The summed E-state index contributed by atoms with van der Waals surface area (Å²) in [5.74, 6) is -1.01. The van der Waals surface area contributed by atoms with Crippen LogP contribution in [0.4, 0.5) is 5.69 Å². The first kappa shape index (κ1) is 11.9. The van der Waals surface area contributed by atoms with Crippen LogP contribution in [0.3, 0.4) is 0 Å². The molecule has 3 nitrogen and oxygen atoms in total. The van der Waals surface area contributed by atoms with Crippen LogP contribution in [0.2, 0.25) is 0 Å². The Kier molecular flexibility index (Phi) is 3.44. The number of carboxylic acids is 1. The van der Waals surface area contributed by atoms with Crippen LogP contribution >= 0.6 is 0 Å². The SMILES string of the molecule is Nc1ccc(/C=C/c2ccccc2)cc1C(=O)O. The molecule has 0 amide bonds. The summed E-state index contributed by atoms with van der Waals surface area (Å²) in [4.78, 5) is 10.9. The normalized spacial score (nSPS) is 10.7. The summed E-state index contributed by atoms with van der Waals surface area (Å²) in [6.45, 7) is 0. The average molecular weight is 239 g/mol. The molecule has 0 radical (unpaired) electrons. The van der Waals surface area contributed by atoms with E-state index < -0.39 is 5.97 Å². The largest absolute Gasteiger partial charge is 0.478 e. The summed E-state index contributed by atoms with van der Waals surface area (Å²) in [6, 6.07) is 14.8. The highest BCUT2D eigenvalue weighted by molar-refractivity contribution is 5.94. The molecule has 0 heterocycles. The summed E-state index contributed by atoms with van der Waals surface area (Å²) in [6.07, 6.45) is 3.79. The Bertz CT molecular complexity index is 589. The molecule has 90 valence electrons. The van der Waals surface area contributed by atoms with Crippen molar-refractivity contribution in [2.75, 3.05) is 5.73 Å². The number of nitrogens with two attached hydrogens (primary N) is 1. The first-order valence-corrected chi connectivity index (χ1v) is 5.53. The maximum absolute atomic E-state index is 10.9. The predicted molar refractivity (Wildman–Crippen MR) is 73.2 cm³/mol. The van der Waals surface area contributed by atoms with Crippen LogP contribution in [0.5, 0.6) is 0 Å². The summed E-state index contributed by atoms with van der Waals surface area (Å²) in [5.41, 5.74) is 7.87. The Morgan fingerprint density at radius 2 is 1.67 bits per heavy atom. The van der Waals surface area contributed by atoms with Gasteiger partial charge in [-0.1, -0.05) is 48.6 Å². The summed E-state index contributed by atoms with van der Waals surface area (Å²) < 4.78 is 0. The molecule has 2 rings (SSSR count). The van der Waals surface area contributed by atoms with Gasteiger partial charge < -0.3 is 10.8 Å². The minimum atomic E-state index is -1.01. The zero-order chi connectivity index (χ0) is 13.0. The molecule has 0 atom stereocenters. The highest BCUT2D eigenvalue weighted by Gasteiger charge is 2.07. The van der Waals surface area contributed by atoms with Crippen LogP contribution in [-0.4, -0.2) is 11.1 Å². The fourth-order valence-corrected chi connectivity index (χ4v) is 1.62. The summed E-state index contributed by atoms with van der Waals surface area (Å²) in [5, 5.41) is 8.97. The second-order valence-corrected chi connectivity index (χ2v) is 3.90. The number of carboxylic acid groups (broad SMARTS) is 1. The maximum Gasteiger partial charge on any atom is 0.337 e. The van der Waals surface area contributed by atoms with Gasteiger partial charge in [0, 0.05) is 5.69 Å². The molecule has 0 aliphatic heterocycles. The maximum atomic E-state index is 10.9. The Labute approximate surface area is 105 Å². The van der Waals surface area contributed by atoms with Crippen molar-refractivity contribution < 1.29 is 9.90 Å². The number of anilines is 1. The average Bonchev–Trinajstić information content (AvgIpc) is 2.38. The van der Waals surface area contributed by atoms with E-state index in [1.165, 1.54) is 0 Å². The van der Waals surface area contributed by atoms with Crippen molar-refractivity contribution in [2.24, 2.45) is 0 Å². The monoisotopic (exact) mass is 239 g/mol. The fraction of sp³-hybridized carbons (Fsp3) is 0. The first-order valence-electron chi connectivity index (χ1n) is 5.53. The molecular formula is C15H13NO2. The lowest BCUT2D eigenvalue weighted by atomic mass is 10.1. The van der Waals surface area contributed by atoms with Gasteiger partial charge in [-0.3, -0.25) is 0 Å². The topological polar surface area (TPSA) is 63.3 Å². The van der Waals surface area contributed by atoms with Gasteiger partial charge in [-0.25, -0.2) is 4.79 Å². The molecule has 0 fully saturated rings. The van der Waals surface area contributed by atoms with Crippen molar-refractivity contribution in [2.45, 2.75) is 0 Å². The van der Waals surface area contributed by atoms with E-state index in [0.29, 0.717) is 0 Å². The number of benzene rings is 2. The quantitative estimate of drug-likeness (QED) is 0.639. The minimum Gasteiger partial charge on any atom is -0.478 e. The van der Waals surface area contributed by atoms with E-state index in [1.54, 1.807) is 18.2 Å². The molecule has 2 aromatic rings. The van der Waals surface area contributed by atoms with Gasteiger partial charge in [0.1, 0.15) is 0 Å². The Morgan fingerprint density at radius 3 is 2.33 bits per heavy atom. The van der Waals surface area contributed by atoms with Gasteiger partial charge in [0.2, 0.25) is 0 Å². The standard InChI is InChI=1S/C15H13NO2/c16-14-9-8-12(10-13(14)15(17)18)7-6-11-4-2-1-3-5-11/h1-10H,16H2,(H,17,18)/b7-6+. The van der Waals surface area contributed by atoms with E-state index in [-0.39, 0.29) is 11.3 Å². The van der Waals surface area contributed by atoms with Crippen LogP contribution in [0.1, 0.15) is 21.5 Å². The molecule has 0 aliphatic carbocycles. The van der Waals surface area contributed by atoms with Crippen molar-refractivity contribution in [3.63, 3.8) is 0 Å². The molecule has 0 bridgehead atoms. The lowest BCUT2D eigenvalue weighted by Gasteiger charge is -2.01. The van der Waals surface area contributed by atoms with Gasteiger partial charge in [-0.15, -0.1) is 0 Å². The third-order valence-corrected chi connectivity index (χ3v) is 2.58. The molecular weight excluding hydrogens is 226 g/mol. The molecule has 3 N–H and O–H groups in total. The predicted octanol–water partition coefficient (Wildman–Crippen LogP) is 3.14. The third kappa shape index (κ3) is 2.77. The fourth-order valence-electron chi connectivity index (χ4n) is 1.62. The van der Waals surface area contributed by atoms with E-state index in [2.05, 4.69) is 0 Å². The molecule has 3 heteroatoms. The second kappa shape index (κ2) is 5.19. The van der Waals surface area contributed by atoms with E-state index in [9.17, 15) is 4.79 Å². The lowest BCUT2D eigenvalue weighted by Crippen LogP contribution is -2.02. The van der Waals surface area contributed by atoms with Gasteiger partial charge in [0.25, 0.3) is 0 Å². The smallest absolute Gasteiger partial charge is 0.337 e. The molecule has 0 unspecified atom stereocenters. The zero-order valence-corrected chi connectivity index (χ0v) is 9.71. The van der Waals surface area contributed by atoms with Crippen LogP contribution in [0, 0.1) is 0 Å². The Balaban J connectivity index is 2.28. The van der Waals surface area contributed by atoms with Gasteiger partial charge in [0.05, 0.1) is 5.56 Å². The molecule has 0 aromatic heterocycles. The highest BCUT2D eigenvalue weighted by Crippen LogP contribution is 2.16. The number of nitrogen functional groups attached to an aromatic ring is 1. The van der Waals surface area contributed by atoms with E-state index >= 15 is 0 Å². The second-order valence-electron chi connectivity index (χ2n) is 3.90. The van der Waals surface area contributed by atoms with Crippen LogP contribution in [0.25, 0.3) is 12.2 Å². The number of carbonyl (C=O) groups is 1. The van der Waals surface area contributed by atoms with Crippen LogP contribution < -0.4 is 5.73 Å². The van der Waals surface area contributed by atoms with Gasteiger partial charge in [-0.2, -0.15) is 0 Å². The Morgan fingerprint density at radius 1 is 1.00 bits per heavy atom. The molecule has 2 aromatic carbocycles. The van der Waals surface area contributed by atoms with Crippen LogP contribution in [-0.2, 0) is 0 Å². The van der Waals surface area contributed by atoms with Crippen molar-refractivity contribution in [1.82, 2.24) is 0 Å². The van der Waals surface area contributed by atoms with Crippen molar-refractivity contribution in [1.29, 1.82) is 0 Å². The van der Waals surface area contributed by atoms with Gasteiger partial charge >= 0.3 is 5.97 Å². The van der Waals surface area contributed by atoms with Crippen LogP contribution in [0.15, 0.2) is 48.5 Å². The number of rotatable bonds is 3. The number of hydrogen-bond acceptors (Lipinski definition) is 2. The van der Waals surface area contributed by atoms with Gasteiger partial charge in [0.15, 0.2) is 0 Å². The molecule has 0 saturated heterocycles. The Hall–Kier alpha value is -2.55. The summed E-state index contributed by atoms with van der Waals surface area (Å²) >= 11 is 0. The number of aromatic carboxylic acids is 1. The number of hydrogen-bond donors (Lipinski definition) is 2. The minimum absolute atomic E-state index is 0.130. The first-order chi connectivity index (χ1) is 8.66.